The zero-order chi connectivity index (χ0) is 47.5. The van der Waals surface area contributed by atoms with Crippen molar-refractivity contribution in [2.24, 2.45) is 0 Å². The maximum absolute atomic E-state index is 6.99. The van der Waals surface area contributed by atoms with Crippen LogP contribution in [0.3, 0.4) is 0 Å². The van der Waals surface area contributed by atoms with Crippen LogP contribution in [0.4, 0.5) is 17.1 Å². The summed E-state index contributed by atoms with van der Waals surface area (Å²) in [5, 5.41) is 2.15. The lowest BCUT2D eigenvalue weighted by Gasteiger charge is -2.30. The molecule has 0 N–H and O–H groups in total. The zero-order valence-corrected chi connectivity index (χ0v) is 39.3. The Kier molecular flexibility index (Phi) is 10.1. The summed E-state index contributed by atoms with van der Waals surface area (Å²) in [6, 6.07) is 85.7. The molecule has 1 aliphatic rings. The average molecular weight is 911 g/mol. The molecule has 10 aromatic carbocycles. The first-order valence-corrected chi connectivity index (χ1v) is 24.2. The van der Waals surface area contributed by atoms with Crippen LogP contribution in [-0.4, -0.2) is 15.0 Å². The van der Waals surface area contributed by atoms with Gasteiger partial charge in [0, 0.05) is 60.9 Å². The van der Waals surface area contributed by atoms with Gasteiger partial charge in [0.1, 0.15) is 11.2 Å². The fraction of sp³-hybridized carbons (Fsp3) is 0.0455. The van der Waals surface area contributed by atoms with Crippen molar-refractivity contribution in [3.05, 3.63) is 254 Å². The molecule has 13 rings (SSSR count). The SMILES string of the molecule is CC1(C)c2ccccc2-c2ccc(N(c3ccc(-c4cccc5c4oc4c(-c6ccc(-c7nc(-c8ccccc8)nc(-c8ccccc8)n7)cc6)cccc45)cc3)c3ccccc3-c3ccccc3)cc21. The molecule has 0 radical (unpaired) electrons. The van der Waals surface area contributed by atoms with E-state index in [0.717, 1.165) is 83.5 Å². The molecular weight excluding hydrogens is 865 g/mol. The van der Waals surface area contributed by atoms with E-state index in [1.165, 1.54) is 27.8 Å². The van der Waals surface area contributed by atoms with Crippen LogP contribution < -0.4 is 4.90 Å². The van der Waals surface area contributed by atoms with Crippen LogP contribution in [-0.2, 0) is 5.41 Å². The number of fused-ring (bicyclic) bond motifs is 6. The first kappa shape index (κ1) is 42.0. The van der Waals surface area contributed by atoms with Gasteiger partial charge < -0.3 is 9.32 Å². The average Bonchev–Trinajstić information content (AvgIpc) is 3.94. The maximum Gasteiger partial charge on any atom is 0.164 e. The Morgan fingerprint density at radius 3 is 1.31 bits per heavy atom. The molecule has 0 spiro atoms. The van der Waals surface area contributed by atoms with Crippen molar-refractivity contribution in [2.45, 2.75) is 19.3 Å². The van der Waals surface area contributed by atoms with E-state index < -0.39 is 0 Å². The van der Waals surface area contributed by atoms with Crippen molar-refractivity contribution in [2.75, 3.05) is 4.90 Å². The molecule has 2 aromatic heterocycles. The van der Waals surface area contributed by atoms with E-state index >= 15 is 0 Å². The summed E-state index contributed by atoms with van der Waals surface area (Å²) in [6.45, 7) is 4.69. The van der Waals surface area contributed by atoms with Gasteiger partial charge in [0.2, 0.25) is 0 Å². The van der Waals surface area contributed by atoms with Gasteiger partial charge >= 0.3 is 0 Å². The molecule has 0 bridgehead atoms. The van der Waals surface area contributed by atoms with Crippen molar-refractivity contribution in [3.63, 3.8) is 0 Å². The van der Waals surface area contributed by atoms with Gasteiger partial charge in [0.05, 0.1) is 5.69 Å². The van der Waals surface area contributed by atoms with Crippen LogP contribution in [0.1, 0.15) is 25.0 Å². The van der Waals surface area contributed by atoms with Crippen molar-refractivity contribution in [3.8, 4) is 78.7 Å². The summed E-state index contributed by atoms with van der Waals surface area (Å²) < 4.78 is 6.99. The minimum atomic E-state index is -0.138. The number of para-hydroxylation sites is 3. The van der Waals surface area contributed by atoms with Gasteiger partial charge in [-0.2, -0.15) is 0 Å². The van der Waals surface area contributed by atoms with Crippen LogP contribution in [0.2, 0.25) is 0 Å². The highest BCUT2D eigenvalue weighted by molar-refractivity contribution is 6.13. The van der Waals surface area contributed by atoms with Gasteiger partial charge in [-0.15, -0.1) is 0 Å². The standard InChI is InChI=1S/C66H46N4O/c1-66(2)58-30-14-12-25-54(58)55-41-40-50(42-59(55)66)70(60-31-15-13-24-51(60)43-18-6-3-7-19-43)49-38-36-45(37-39-49)53-27-17-29-57-56-28-16-26-52(61(56)71-62(53)57)44-32-34-48(35-33-44)65-68-63(46-20-8-4-9-21-46)67-64(69-65)47-22-10-5-11-23-47/h3-42H,1-2H3. The number of aromatic nitrogens is 3. The molecule has 336 valence electrons. The number of benzene rings is 10. The Balaban J connectivity index is 0.874. The third-order valence-corrected chi connectivity index (χ3v) is 14.2. The first-order chi connectivity index (χ1) is 35.0. The van der Waals surface area contributed by atoms with E-state index in [1.54, 1.807) is 0 Å². The number of hydrogen-bond donors (Lipinski definition) is 0. The lowest BCUT2D eigenvalue weighted by Crippen LogP contribution is -2.16. The predicted molar refractivity (Wildman–Crippen MR) is 292 cm³/mol. The molecule has 0 fully saturated rings. The quantitative estimate of drug-likeness (QED) is 0.144. The Hall–Kier alpha value is -9.19. The predicted octanol–water partition coefficient (Wildman–Crippen LogP) is 17.5. The molecule has 0 atom stereocenters. The Morgan fingerprint density at radius 2 is 0.732 bits per heavy atom. The molecule has 2 heterocycles. The Bertz CT molecular complexity index is 3880. The lowest BCUT2D eigenvalue weighted by atomic mass is 9.82. The molecule has 5 nitrogen and oxygen atoms in total. The van der Waals surface area contributed by atoms with Crippen molar-refractivity contribution in [1.82, 2.24) is 15.0 Å². The van der Waals surface area contributed by atoms with Gasteiger partial charge in [0.25, 0.3) is 0 Å². The molecule has 1 aliphatic carbocycles. The minimum Gasteiger partial charge on any atom is -0.455 e. The largest absolute Gasteiger partial charge is 0.455 e. The smallest absolute Gasteiger partial charge is 0.164 e. The summed E-state index contributed by atoms with van der Waals surface area (Å²) in [5.74, 6) is 1.89. The zero-order valence-electron chi connectivity index (χ0n) is 39.3. The second-order valence-corrected chi connectivity index (χ2v) is 18.7. The molecule has 71 heavy (non-hydrogen) atoms. The van der Waals surface area contributed by atoms with E-state index in [-0.39, 0.29) is 5.41 Å². The van der Waals surface area contributed by atoms with Crippen molar-refractivity contribution >= 4 is 39.0 Å². The topological polar surface area (TPSA) is 55.1 Å². The van der Waals surface area contributed by atoms with Crippen molar-refractivity contribution in [1.29, 1.82) is 0 Å². The summed E-state index contributed by atoms with van der Waals surface area (Å²) in [6.07, 6.45) is 0. The van der Waals surface area contributed by atoms with Gasteiger partial charge in [0.15, 0.2) is 17.5 Å². The number of rotatable bonds is 9. The molecule has 0 amide bonds. The van der Waals surface area contributed by atoms with Gasteiger partial charge in [-0.1, -0.05) is 226 Å². The summed E-state index contributed by atoms with van der Waals surface area (Å²) >= 11 is 0. The molecule has 12 aromatic rings. The first-order valence-electron chi connectivity index (χ1n) is 24.2. The van der Waals surface area contributed by atoms with Crippen LogP contribution in [0.15, 0.2) is 247 Å². The van der Waals surface area contributed by atoms with Crippen LogP contribution >= 0.6 is 0 Å². The number of furan rings is 1. The van der Waals surface area contributed by atoms with Crippen molar-refractivity contribution < 1.29 is 4.42 Å². The van der Waals surface area contributed by atoms with E-state index in [9.17, 15) is 0 Å². The maximum atomic E-state index is 6.99. The van der Waals surface area contributed by atoms with Crippen LogP contribution in [0, 0.1) is 0 Å². The second-order valence-electron chi connectivity index (χ2n) is 18.7. The molecular formula is C66H46N4O. The van der Waals surface area contributed by atoms with Gasteiger partial charge in [-0.25, -0.2) is 15.0 Å². The van der Waals surface area contributed by atoms with E-state index in [2.05, 4.69) is 201 Å². The molecule has 0 saturated heterocycles. The summed E-state index contributed by atoms with van der Waals surface area (Å²) in [5.41, 5.74) is 19.5. The van der Waals surface area contributed by atoms with Crippen LogP contribution in [0.5, 0.6) is 0 Å². The van der Waals surface area contributed by atoms with E-state index in [4.69, 9.17) is 19.4 Å². The fourth-order valence-corrected chi connectivity index (χ4v) is 10.6. The summed E-state index contributed by atoms with van der Waals surface area (Å²) in [4.78, 5) is 17.2. The second kappa shape index (κ2) is 17.1. The van der Waals surface area contributed by atoms with E-state index in [0.29, 0.717) is 17.5 Å². The monoisotopic (exact) mass is 910 g/mol. The molecule has 0 aliphatic heterocycles. The summed E-state index contributed by atoms with van der Waals surface area (Å²) in [7, 11) is 0. The van der Waals surface area contributed by atoms with Crippen LogP contribution in [0.25, 0.3) is 101 Å². The Morgan fingerprint density at radius 1 is 0.324 bits per heavy atom. The molecule has 0 unspecified atom stereocenters. The Labute approximate surface area is 413 Å². The normalized spacial score (nSPS) is 12.5. The molecule has 0 saturated carbocycles. The highest BCUT2D eigenvalue weighted by atomic mass is 16.3. The molecule has 5 heteroatoms. The highest BCUT2D eigenvalue weighted by Crippen LogP contribution is 2.51. The number of anilines is 3. The number of hydrogen-bond acceptors (Lipinski definition) is 5. The van der Waals surface area contributed by atoms with Gasteiger partial charge in [-0.05, 0) is 69.3 Å². The number of nitrogens with zero attached hydrogens (tertiary/aromatic N) is 4. The highest BCUT2D eigenvalue weighted by Gasteiger charge is 2.36. The third kappa shape index (κ3) is 7.29. The fourth-order valence-electron chi connectivity index (χ4n) is 10.6. The lowest BCUT2D eigenvalue weighted by molar-refractivity contribution is 0.660. The van der Waals surface area contributed by atoms with E-state index in [1.807, 2.05) is 60.7 Å². The minimum absolute atomic E-state index is 0.138. The third-order valence-electron chi connectivity index (χ3n) is 14.2. The van der Waals surface area contributed by atoms with Gasteiger partial charge in [-0.3, -0.25) is 0 Å².